The Morgan fingerprint density at radius 3 is 0.385 bits per heavy atom. The maximum atomic E-state index is 2.15. The van der Waals surface area contributed by atoms with Crippen LogP contribution in [0.1, 0.15) is 0 Å². The first-order valence-electron chi connectivity index (χ1n) is 4.00. The van der Waals surface area contributed by atoms with E-state index in [1.807, 2.05) is 0 Å². The van der Waals surface area contributed by atoms with Crippen LogP contribution < -0.4 is 0 Å². The molecule has 0 atom stereocenters. The molecule has 0 nitrogen and oxygen atoms in total. The van der Waals surface area contributed by atoms with E-state index in [2.05, 4.69) is 53.3 Å². The van der Waals surface area contributed by atoms with Gasteiger partial charge < -0.3 is 0 Å². The number of rotatable bonds is 0. The smallest absolute Gasteiger partial charge is 0 e. The first kappa shape index (κ1) is 29.5. The molecule has 0 saturated carbocycles. The van der Waals surface area contributed by atoms with Crippen molar-refractivity contribution in [3.63, 3.8) is 0 Å². The summed E-state index contributed by atoms with van der Waals surface area (Å²) in [5.41, 5.74) is 0. The normalized spacial score (nSPS) is 5.54. The molecule has 0 unspecified atom stereocenters. The van der Waals surface area contributed by atoms with E-state index in [-0.39, 0.29) is 22.4 Å². The van der Waals surface area contributed by atoms with Crippen LogP contribution in [0.25, 0.3) is 0 Å². The summed E-state index contributed by atoms with van der Waals surface area (Å²) in [5.74, 6) is 0. The Balaban J connectivity index is -0.0000000213. The molecule has 13 heavy (non-hydrogen) atoms. The second-order valence-corrected chi connectivity index (χ2v) is 6.00. The van der Waals surface area contributed by atoms with Crippen LogP contribution in [-0.2, 0) is 22.4 Å². The van der Waals surface area contributed by atoms with Crippen LogP contribution in [0.3, 0.4) is 0 Å². The van der Waals surface area contributed by atoms with Gasteiger partial charge in [-0.15, -0.1) is 34.3 Å². The maximum absolute atomic E-state index is 2.15. The summed E-state index contributed by atoms with van der Waals surface area (Å²) in [5, 5.41) is 0. The van der Waals surface area contributed by atoms with Gasteiger partial charge in [0.25, 0.3) is 0 Å². The van der Waals surface area contributed by atoms with Crippen LogP contribution in [0, 0.1) is 0 Å². The van der Waals surface area contributed by atoms with Crippen molar-refractivity contribution in [2.75, 3.05) is 53.3 Å². The molecule has 0 aliphatic heterocycles. The number of hydrogen-bond acceptors (Lipinski definition) is 0. The van der Waals surface area contributed by atoms with E-state index in [0.717, 1.165) is 34.3 Å². The van der Waals surface area contributed by atoms with Gasteiger partial charge in [-0.25, -0.2) is 0 Å². The Kier molecular flexibility index (Phi) is 143. The Morgan fingerprint density at radius 2 is 0.385 bits per heavy atom. The average Bonchev–Trinajstić information content (AvgIpc) is 1.92. The number of hydrogen-bond donors (Lipinski definition) is 0. The monoisotopic (exact) mass is 429 g/mol. The van der Waals surface area contributed by atoms with E-state index in [4.69, 9.17) is 0 Å². The summed E-state index contributed by atoms with van der Waals surface area (Å²) in [4.78, 5) is 0. The van der Waals surface area contributed by atoms with Gasteiger partial charge in [0, 0.05) is 22.4 Å². The zero-order valence-corrected chi connectivity index (χ0v) is 17.7. The topological polar surface area (TPSA) is 0 Å². The minimum absolute atomic E-state index is 0. The third kappa shape index (κ3) is 371. The molecular weight excluding hydrogens is 401 g/mol. The second-order valence-electron chi connectivity index (χ2n) is 2.00. The second kappa shape index (κ2) is 62.8. The van der Waals surface area contributed by atoms with Crippen molar-refractivity contribution in [1.82, 2.24) is 0 Å². The molecule has 0 saturated heterocycles. The zero-order chi connectivity index (χ0) is 10.8. The van der Waals surface area contributed by atoms with Crippen LogP contribution in [0.15, 0.2) is 0 Å². The molecule has 0 N–H and O–H groups in total. The van der Waals surface area contributed by atoms with Crippen molar-refractivity contribution in [3.8, 4) is 0 Å². The van der Waals surface area contributed by atoms with E-state index in [1.54, 1.807) is 0 Å². The zero-order valence-electron chi connectivity index (χ0n) is 10.4. The van der Waals surface area contributed by atoms with Crippen molar-refractivity contribution in [3.05, 3.63) is 0 Å². The Bertz CT molecular complexity index is 24.1. The predicted octanol–water partition coefficient (Wildman–Crippen LogP) is 3.70. The van der Waals surface area contributed by atoms with Gasteiger partial charge in [-0.3, -0.25) is 0 Å². The summed E-state index contributed by atoms with van der Waals surface area (Å²) in [6.45, 7) is 17.2. The third-order valence-electron chi connectivity index (χ3n) is 0. The van der Waals surface area contributed by atoms with Crippen LogP contribution in [0.4, 0.5) is 0 Å². The van der Waals surface area contributed by atoms with Gasteiger partial charge >= 0.3 is 0 Å². The van der Waals surface area contributed by atoms with Crippen LogP contribution in [-0.4, -0.2) is 53.3 Å². The first-order chi connectivity index (χ1) is 5.66. The van der Waals surface area contributed by atoms with Crippen LogP contribution in [0.2, 0.25) is 0 Å². The largest absolute Gasteiger partial charge is 0.129 e. The fraction of sp³-hybridized carbons (Fsp3) is 1.00. The molecule has 0 fully saturated rings. The molecule has 0 heterocycles. The SMILES string of the molecule is CPC.CPC.CPC.CPC.[Ta]. The van der Waals surface area contributed by atoms with E-state index in [1.165, 1.54) is 0 Å². The molecule has 0 spiro atoms. The van der Waals surface area contributed by atoms with Gasteiger partial charge in [0.05, 0.1) is 0 Å². The molecule has 0 aromatic rings. The van der Waals surface area contributed by atoms with Crippen LogP contribution >= 0.6 is 34.3 Å². The summed E-state index contributed by atoms with van der Waals surface area (Å²) >= 11 is 0. The fourth-order valence-corrected chi connectivity index (χ4v) is 0. The van der Waals surface area contributed by atoms with Gasteiger partial charge in [-0.05, 0) is 53.3 Å². The predicted molar refractivity (Wildman–Crippen MR) is 80.7 cm³/mol. The van der Waals surface area contributed by atoms with Crippen molar-refractivity contribution in [2.24, 2.45) is 0 Å². The summed E-state index contributed by atoms with van der Waals surface area (Å²) in [6.07, 6.45) is 0. The minimum atomic E-state index is 0. The molecule has 0 bridgehead atoms. The van der Waals surface area contributed by atoms with Gasteiger partial charge in [0.2, 0.25) is 0 Å². The van der Waals surface area contributed by atoms with E-state index >= 15 is 0 Å². The Hall–Kier alpha value is 2.46. The van der Waals surface area contributed by atoms with Gasteiger partial charge in [0.1, 0.15) is 0 Å². The fourth-order valence-electron chi connectivity index (χ4n) is 0. The van der Waals surface area contributed by atoms with Crippen molar-refractivity contribution < 1.29 is 22.4 Å². The van der Waals surface area contributed by atoms with Gasteiger partial charge in [-0.1, -0.05) is 0 Å². The Labute approximate surface area is 110 Å². The summed E-state index contributed by atoms with van der Waals surface area (Å²) in [6, 6.07) is 0. The Morgan fingerprint density at radius 1 is 0.385 bits per heavy atom. The van der Waals surface area contributed by atoms with E-state index in [0.29, 0.717) is 0 Å². The van der Waals surface area contributed by atoms with E-state index in [9.17, 15) is 0 Å². The standard InChI is InChI=1S/4C2H7P.Ta/c4*1-3-2;/h4*3H,1-2H3;. The van der Waals surface area contributed by atoms with Gasteiger partial charge in [0.15, 0.2) is 0 Å². The maximum Gasteiger partial charge on any atom is 0 e. The molecular formula is C8H28P4Ta. The van der Waals surface area contributed by atoms with Gasteiger partial charge in [-0.2, -0.15) is 0 Å². The molecule has 1 radical (unpaired) electrons. The molecule has 0 aromatic heterocycles. The van der Waals surface area contributed by atoms with Crippen molar-refractivity contribution >= 4 is 34.3 Å². The summed E-state index contributed by atoms with van der Waals surface area (Å²) in [7, 11) is 4.33. The molecule has 0 aromatic carbocycles. The first-order valence-corrected chi connectivity index (χ1v) is 12.0. The van der Waals surface area contributed by atoms with E-state index < -0.39 is 0 Å². The minimum Gasteiger partial charge on any atom is -0.129 e. The van der Waals surface area contributed by atoms with Crippen LogP contribution in [0.5, 0.6) is 0 Å². The quantitative estimate of drug-likeness (QED) is 0.516. The summed E-state index contributed by atoms with van der Waals surface area (Å²) < 4.78 is 0. The van der Waals surface area contributed by atoms with Crippen molar-refractivity contribution in [2.45, 2.75) is 0 Å². The molecule has 5 heteroatoms. The molecule has 0 aliphatic rings. The molecule has 0 rings (SSSR count). The average molecular weight is 429 g/mol. The molecule has 85 valence electrons. The third-order valence-corrected chi connectivity index (χ3v) is 0. The van der Waals surface area contributed by atoms with Crippen molar-refractivity contribution in [1.29, 1.82) is 0 Å². The molecule has 0 amide bonds. The molecule has 0 aliphatic carbocycles.